The molecule has 0 aromatic heterocycles. The highest BCUT2D eigenvalue weighted by Crippen LogP contribution is 2.30. The first-order valence-corrected chi connectivity index (χ1v) is 6.94. The predicted molar refractivity (Wildman–Crippen MR) is 74.0 cm³/mol. The van der Waals surface area contributed by atoms with Crippen molar-refractivity contribution in [3.63, 3.8) is 0 Å². The Bertz CT molecular complexity index is 503. The molecule has 1 fully saturated rings. The molecule has 4 atom stereocenters. The van der Waals surface area contributed by atoms with Crippen LogP contribution in [0.15, 0.2) is 0 Å². The van der Waals surface area contributed by atoms with Crippen molar-refractivity contribution in [1.29, 1.82) is 0 Å². The van der Waals surface area contributed by atoms with Crippen molar-refractivity contribution in [3.05, 3.63) is 0 Å². The minimum atomic E-state index is -1.63. The number of hydrogen-bond acceptors (Lipinski definition) is 11. The first-order valence-electron chi connectivity index (χ1n) is 6.94. The van der Waals surface area contributed by atoms with Crippen molar-refractivity contribution >= 4 is 24.6 Å². The van der Waals surface area contributed by atoms with E-state index in [-0.39, 0.29) is 12.8 Å². The van der Waals surface area contributed by atoms with Crippen molar-refractivity contribution < 1.29 is 57.4 Å². The molecule has 1 aliphatic rings. The molecule has 1 N–H and O–H groups in total. The normalized spacial score (nSPS) is 25.1. The minimum absolute atomic E-state index is 0.232. The molecule has 0 amide bonds. The van der Waals surface area contributed by atoms with Gasteiger partial charge in [0.2, 0.25) is 0 Å². The summed E-state index contributed by atoms with van der Waals surface area (Å²) < 4.78 is 32.6. The predicted octanol–water partition coefficient (Wildman–Crippen LogP) is 1.30. The van der Waals surface area contributed by atoms with Crippen LogP contribution < -0.4 is 0 Å². The van der Waals surface area contributed by atoms with Crippen molar-refractivity contribution in [1.82, 2.24) is 0 Å². The van der Waals surface area contributed by atoms with Crippen LogP contribution in [0.1, 0.15) is 12.8 Å². The number of carbonyl (C=O) groups excluding carboxylic acids is 3. The van der Waals surface area contributed by atoms with Gasteiger partial charge in [-0.3, -0.25) is 0 Å². The van der Waals surface area contributed by atoms with Crippen molar-refractivity contribution in [2.45, 2.75) is 37.3 Å². The number of ether oxygens (including phenoxy) is 7. The summed E-state index contributed by atoms with van der Waals surface area (Å²) in [6.45, 7) is 0. The largest absolute Gasteiger partial charge is 0.508 e. The summed E-state index contributed by atoms with van der Waals surface area (Å²) in [5.74, 6) is 0. The lowest BCUT2D eigenvalue weighted by atomic mass is 9.89. The Morgan fingerprint density at radius 2 is 0.920 bits per heavy atom. The van der Waals surface area contributed by atoms with E-state index in [2.05, 4.69) is 18.9 Å². The van der Waals surface area contributed by atoms with E-state index in [1.165, 1.54) is 0 Å². The van der Waals surface area contributed by atoms with Crippen LogP contribution in [-0.2, 0) is 33.2 Å². The highest BCUT2D eigenvalue weighted by atomic mass is 16.8. The standard InChI is InChI=1S/C13H18O12/c1-19-11(16)23-7-5-9(25-13(18)21-3)8(24-12(17)20-2)4-6(7)22-10(14)15/h6-9H,4-5H2,1-3H3,(H,14,15). The fraction of sp³-hybridized carbons (Fsp3) is 0.692. The van der Waals surface area contributed by atoms with Crippen molar-refractivity contribution in [2.75, 3.05) is 21.3 Å². The Labute approximate surface area is 141 Å². The van der Waals surface area contributed by atoms with Gasteiger partial charge in [-0.2, -0.15) is 0 Å². The molecule has 0 bridgehead atoms. The molecule has 25 heavy (non-hydrogen) atoms. The minimum Gasteiger partial charge on any atom is -0.450 e. The zero-order valence-electron chi connectivity index (χ0n) is 13.7. The van der Waals surface area contributed by atoms with Crippen molar-refractivity contribution in [2.24, 2.45) is 0 Å². The Kier molecular flexibility index (Phi) is 7.56. The van der Waals surface area contributed by atoms with E-state index in [0.717, 1.165) is 21.3 Å². The van der Waals surface area contributed by atoms with E-state index in [4.69, 9.17) is 19.3 Å². The van der Waals surface area contributed by atoms with E-state index < -0.39 is 49.0 Å². The van der Waals surface area contributed by atoms with Gasteiger partial charge in [0.15, 0.2) is 0 Å². The summed E-state index contributed by atoms with van der Waals surface area (Å²) in [4.78, 5) is 44.8. The van der Waals surface area contributed by atoms with Gasteiger partial charge in [-0.25, -0.2) is 19.2 Å². The molecule has 0 aliphatic heterocycles. The summed E-state index contributed by atoms with van der Waals surface area (Å²) in [7, 11) is 3.19. The Morgan fingerprint density at radius 1 is 0.640 bits per heavy atom. The average molecular weight is 366 g/mol. The lowest BCUT2D eigenvalue weighted by molar-refractivity contribution is -0.137. The molecule has 0 spiro atoms. The third kappa shape index (κ3) is 6.24. The zero-order valence-corrected chi connectivity index (χ0v) is 13.7. The quantitative estimate of drug-likeness (QED) is 0.563. The van der Waals surface area contributed by atoms with Gasteiger partial charge in [0.25, 0.3) is 0 Å². The zero-order chi connectivity index (χ0) is 19.0. The lowest BCUT2D eigenvalue weighted by Crippen LogP contribution is -2.51. The Hall–Kier alpha value is -2.92. The molecule has 12 nitrogen and oxygen atoms in total. The Balaban J connectivity index is 2.97. The first kappa shape index (κ1) is 20.1. The van der Waals surface area contributed by atoms with Gasteiger partial charge >= 0.3 is 24.6 Å². The molecule has 142 valence electrons. The monoisotopic (exact) mass is 366 g/mol. The summed E-state index contributed by atoms with van der Waals surface area (Å²) in [5.41, 5.74) is 0. The number of carboxylic acid groups (broad SMARTS) is 1. The average Bonchev–Trinajstić information content (AvgIpc) is 2.57. The summed E-state index contributed by atoms with van der Waals surface area (Å²) in [6, 6.07) is 0. The van der Waals surface area contributed by atoms with E-state index in [9.17, 15) is 19.2 Å². The second-order valence-corrected chi connectivity index (χ2v) is 4.72. The fourth-order valence-electron chi connectivity index (χ4n) is 2.21. The number of carbonyl (C=O) groups is 4. The SMILES string of the molecule is COC(=O)OC1CC(OC(=O)OC)C(OC(=O)OC)CC1OC(=O)O. The van der Waals surface area contributed by atoms with Crippen LogP contribution in [0.3, 0.4) is 0 Å². The van der Waals surface area contributed by atoms with Crippen LogP contribution in [0.2, 0.25) is 0 Å². The van der Waals surface area contributed by atoms with Gasteiger partial charge in [0.1, 0.15) is 24.4 Å². The maximum absolute atomic E-state index is 11.4. The van der Waals surface area contributed by atoms with Crippen LogP contribution in [0.4, 0.5) is 19.2 Å². The molecule has 12 heteroatoms. The molecular formula is C13H18O12. The molecule has 1 aliphatic carbocycles. The molecular weight excluding hydrogens is 348 g/mol. The van der Waals surface area contributed by atoms with Gasteiger partial charge in [-0.15, -0.1) is 0 Å². The van der Waals surface area contributed by atoms with Crippen LogP contribution in [-0.4, -0.2) is 75.5 Å². The van der Waals surface area contributed by atoms with Gasteiger partial charge < -0.3 is 38.3 Å². The van der Waals surface area contributed by atoms with E-state index in [0.29, 0.717) is 0 Å². The van der Waals surface area contributed by atoms with E-state index >= 15 is 0 Å². The van der Waals surface area contributed by atoms with E-state index in [1.807, 2.05) is 0 Å². The number of rotatable bonds is 4. The van der Waals surface area contributed by atoms with Crippen LogP contribution in [0, 0.1) is 0 Å². The third-order valence-corrected chi connectivity index (χ3v) is 3.25. The summed E-state index contributed by atoms with van der Waals surface area (Å²) >= 11 is 0. The summed E-state index contributed by atoms with van der Waals surface area (Å²) in [6.07, 6.45) is -9.92. The van der Waals surface area contributed by atoms with Crippen LogP contribution >= 0.6 is 0 Å². The number of hydrogen-bond donors (Lipinski definition) is 1. The molecule has 0 radical (unpaired) electrons. The van der Waals surface area contributed by atoms with Gasteiger partial charge in [-0.1, -0.05) is 0 Å². The smallest absolute Gasteiger partial charge is 0.450 e. The second-order valence-electron chi connectivity index (χ2n) is 4.72. The summed E-state index contributed by atoms with van der Waals surface area (Å²) in [5, 5.41) is 8.81. The molecule has 0 saturated heterocycles. The number of methoxy groups -OCH3 is 3. The third-order valence-electron chi connectivity index (χ3n) is 3.25. The second kappa shape index (κ2) is 9.39. The maximum atomic E-state index is 11.4. The van der Waals surface area contributed by atoms with Gasteiger partial charge in [0, 0.05) is 12.8 Å². The molecule has 0 aromatic rings. The highest BCUT2D eigenvalue weighted by molar-refractivity contribution is 5.62. The molecule has 0 heterocycles. The van der Waals surface area contributed by atoms with Gasteiger partial charge in [-0.05, 0) is 0 Å². The van der Waals surface area contributed by atoms with E-state index in [1.54, 1.807) is 0 Å². The highest BCUT2D eigenvalue weighted by Gasteiger charge is 2.45. The topological polar surface area (TPSA) is 153 Å². The lowest BCUT2D eigenvalue weighted by Gasteiger charge is -2.37. The van der Waals surface area contributed by atoms with Crippen LogP contribution in [0.25, 0.3) is 0 Å². The van der Waals surface area contributed by atoms with Crippen molar-refractivity contribution in [3.8, 4) is 0 Å². The molecule has 1 rings (SSSR count). The molecule has 0 aromatic carbocycles. The molecule has 1 saturated carbocycles. The molecule has 4 unspecified atom stereocenters. The fourth-order valence-corrected chi connectivity index (χ4v) is 2.21. The van der Waals surface area contributed by atoms with Crippen LogP contribution in [0.5, 0.6) is 0 Å². The maximum Gasteiger partial charge on any atom is 0.508 e. The first-order chi connectivity index (χ1) is 11.8. The van der Waals surface area contributed by atoms with Gasteiger partial charge in [0.05, 0.1) is 21.3 Å². The Morgan fingerprint density at radius 3 is 1.16 bits per heavy atom.